The molecule has 2 aliphatic carbocycles. The molecule has 1 saturated carbocycles. The molecule has 2 fully saturated rings. The first kappa shape index (κ1) is 32.9. The smallest absolute Gasteiger partial charge is 0.265 e. The molecule has 47 heavy (non-hydrogen) atoms. The first-order chi connectivity index (χ1) is 22.5. The van der Waals surface area contributed by atoms with Gasteiger partial charge in [-0.25, -0.2) is 13.1 Å². The summed E-state index contributed by atoms with van der Waals surface area (Å²) in [5, 5.41) is 0.736. The van der Waals surface area contributed by atoms with E-state index in [2.05, 4.69) is 32.7 Å². The van der Waals surface area contributed by atoms with Gasteiger partial charge in [0, 0.05) is 30.1 Å². The number of carbonyl (C=O) groups excluding carboxylic acids is 1. The van der Waals surface area contributed by atoms with Crippen molar-refractivity contribution in [2.75, 3.05) is 57.4 Å². The summed E-state index contributed by atoms with van der Waals surface area (Å²) in [4.78, 5) is 18.0. The van der Waals surface area contributed by atoms with E-state index < -0.39 is 21.5 Å². The summed E-state index contributed by atoms with van der Waals surface area (Å²) >= 11 is 6.44. The summed E-state index contributed by atoms with van der Waals surface area (Å²) in [5.74, 6) is 0.574. The maximum absolute atomic E-state index is 13.6. The SMILES string of the molecule is CC1(C)OC/C=C\[C@H](OCCN2CCC2)[C@@H]2CC[C@H]2CN2C[C@@]3(CCCc4cc(Cl)ccc43)COc3ccc(cc32)S(=O)(=O)NC1=O. The lowest BCUT2D eigenvalue weighted by molar-refractivity contribution is -0.139. The largest absolute Gasteiger partial charge is 0.490 e. The maximum atomic E-state index is 13.6. The zero-order valence-corrected chi connectivity index (χ0v) is 29.0. The number of hydrogen-bond donors (Lipinski definition) is 1. The van der Waals surface area contributed by atoms with E-state index in [4.69, 9.17) is 25.8 Å². The van der Waals surface area contributed by atoms with Crippen LogP contribution in [-0.2, 0) is 36.1 Å². The van der Waals surface area contributed by atoms with Crippen LogP contribution in [-0.4, -0.2) is 83.5 Å². The zero-order valence-electron chi connectivity index (χ0n) is 27.4. The minimum Gasteiger partial charge on any atom is -0.490 e. The molecule has 7 rings (SSSR count). The third-order valence-corrected chi connectivity index (χ3v) is 12.5. The van der Waals surface area contributed by atoms with Gasteiger partial charge in [-0.1, -0.05) is 29.8 Å². The number of halogens is 1. The number of benzene rings is 2. The fourth-order valence-corrected chi connectivity index (χ4v) is 9.18. The normalized spacial score (nSPS) is 30.8. The molecule has 4 atom stereocenters. The number of sulfonamides is 1. The van der Waals surface area contributed by atoms with Crippen molar-refractivity contribution in [3.05, 3.63) is 64.7 Å². The summed E-state index contributed by atoms with van der Waals surface area (Å²) in [5.41, 5.74) is 1.60. The van der Waals surface area contributed by atoms with E-state index in [0.717, 1.165) is 69.0 Å². The molecule has 2 bridgehead atoms. The Labute approximate surface area is 283 Å². The highest BCUT2D eigenvalue weighted by atomic mass is 35.5. The molecule has 1 amide bonds. The number of carbonyl (C=O) groups is 1. The highest BCUT2D eigenvalue weighted by Crippen LogP contribution is 2.47. The lowest BCUT2D eigenvalue weighted by Crippen LogP contribution is -2.50. The van der Waals surface area contributed by atoms with Gasteiger partial charge in [-0.05, 0) is 119 Å². The molecule has 11 heteroatoms. The third kappa shape index (κ3) is 6.69. The summed E-state index contributed by atoms with van der Waals surface area (Å²) < 4.78 is 48.6. The van der Waals surface area contributed by atoms with Gasteiger partial charge in [0.1, 0.15) is 11.4 Å². The Bertz CT molecular complexity index is 1640. The van der Waals surface area contributed by atoms with Crippen molar-refractivity contribution >= 4 is 33.2 Å². The van der Waals surface area contributed by atoms with Crippen molar-refractivity contribution in [1.82, 2.24) is 9.62 Å². The Morgan fingerprint density at radius 2 is 1.96 bits per heavy atom. The molecule has 9 nitrogen and oxygen atoms in total. The van der Waals surface area contributed by atoms with Gasteiger partial charge < -0.3 is 24.0 Å². The number of likely N-dealkylation sites (tertiary alicyclic amines) is 1. The topological polar surface area (TPSA) is 97.4 Å². The molecule has 3 aliphatic heterocycles. The quantitative estimate of drug-likeness (QED) is 0.445. The molecule has 2 aromatic rings. The molecule has 3 heterocycles. The third-order valence-electron chi connectivity index (χ3n) is 11.0. The molecule has 1 N–H and O–H groups in total. The Morgan fingerprint density at radius 1 is 1.11 bits per heavy atom. The fraction of sp³-hybridized carbons (Fsp3) is 0.583. The number of fused-ring (bicyclic) bond motifs is 4. The summed E-state index contributed by atoms with van der Waals surface area (Å²) in [7, 11) is -4.18. The van der Waals surface area contributed by atoms with E-state index >= 15 is 0 Å². The minimum absolute atomic E-state index is 0.0186. The van der Waals surface area contributed by atoms with Gasteiger partial charge in [-0.15, -0.1) is 0 Å². The number of ether oxygens (including phenoxy) is 3. The number of nitrogens with one attached hydrogen (secondary N) is 1. The molecule has 0 aromatic heterocycles. The number of amides is 1. The Kier molecular flexibility index (Phi) is 9.10. The molecule has 0 unspecified atom stereocenters. The van der Waals surface area contributed by atoms with E-state index in [1.54, 1.807) is 26.0 Å². The van der Waals surface area contributed by atoms with Gasteiger partial charge >= 0.3 is 0 Å². The fourth-order valence-electron chi connectivity index (χ4n) is 7.86. The van der Waals surface area contributed by atoms with Crippen molar-refractivity contribution < 1.29 is 27.4 Å². The zero-order chi connectivity index (χ0) is 32.8. The van der Waals surface area contributed by atoms with Gasteiger partial charge in [0.15, 0.2) is 0 Å². The highest BCUT2D eigenvalue weighted by molar-refractivity contribution is 7.90. The summed E-state index contributed by atoms with van der Waals surface area (Å²) in [6.07, 6.45) is 10.2. The van der Waals surface area contributed by atoms with Crippen LogP contribution in [0.25, 0.3) is 0 Å². The predicted molar refractivity (Wildman–Crippen MR) is 182 cm³/mol. The van der Waals surface area contributed by atoms with Crippen molar-refractivity contribution in [2.24, 2.45) is 11.8 Å². The van der Waals surface area contributed by atoms with Crippen LogP contribution in [0, 0.1) is 11.8 Å². The van der Waals surface area contributed by atoms with E-state index in [1.807, 2.05) is 12.1 Å². The van der Waals surface area contributed by atoms with Crippen molar-refractivity contribution in [1.29, 1.82) is 0 Å². The molecule has 1 saturated heterocycles. The molecule has 1 spiro atoms. The standard InChI is InChI=1S/C36H46ClN3O6S/c1-35(2)34(41)38-47(42,43)28-10-13-33-31(21-28)40(23-36(24-45-33)14-3-6-25-20-27(37)9-12-30(25)36)22-26-8-11-29(26)32(7-4-18-46-35)44-19-17-39-15-5-16-39/h4,7,9-10,12-13,20-21,26,29,32H,3,5-6,8,11,14-19,22-24H2,1-2H3,(H,38,41)/b7-4-/t26-,29+,32-,36-/m0/s1. The average Bonchev–Trinajstić information content (AvgIpc) is 3.14. The lowest BCUT2D eigenvalue weighted by atomic mass is 9.68. The second kappa shape index (κ2) is 13.0. The molecule has 0 radical (unpaired) electrons. The monoisotopic (exact) mass is 683 g/mol. The van der Waals surface area contributed by atoms with Crippen molar-refractivity contribution in [3.63, 3.8) is 0 Å². The van der Waals surface area contributed by atoms with Gasteiger partial charge in [-0.3, -0.25) is 4.79 Å². The van der Waals surface area contributed by atoms with Gasteiger partial charge in [0.05, 0.1) is 36.5 Å². The van der Waals surface area contributed by atoms with Crippen LogP contribution in [0.3, 0.4) is 0 Å². The van der Waals surface area contributed by atoms with E-state index in [-0.39, 0.29) is 23.0 Å². The van der Waals surface area contributed by atoms with Gasteiger partial charge in [0.2, 0.25) is 0 Å². The van der Waals surface area contributed by atoms with Crippen LogP contribution in [0.5, 0.6) is 5.75 Å². The Balaban J connectivity index is 1.26. The molecule has 5 aliphatic rings. The first-order valence-corrected chi connectivity index (χ1v) is 18.9. The average molecular weight is 684 g/mol. The van der Waals surface area contributed by atoms with Crippen LogP contribution in [0.2, 0.25) is 5.02 Å². The Hall–Kier alpha value is -2.63. The predicted octanol–water partition coefficient (Wildman–Crippen LogP) is 5.10. The molecular formula is C36H46ClN3O6S. The summed E-state index contributed by atoms with van der Waals surface area (Å²) in [6, 6.07) is 11.1. The van der Waals surface area contributed by atoms with Crippen LogP contribution in [0.4, 0.5) is 5.69 Å². The number of hydrogen-bond acceptors (Lipinski definition) is 8. The molecular weight excluding hydrogens is 638 g/mol. The van der Waals surface area contributed by atoms with Crippen LogP contribution < -0.4 is 14.4 Å². The van der Waals surface area contributed by atoms with Crippen molar-refractivity contribution in [3.8, 4) is 5.75 Å². The van der Waals surface area contributed by atoms with Gasteiger partial charge in [0.25, 0.3) is 15.9 Å². The van der Waals surface area contributed by atoms with Gasteiger partial charge in [-0.2, -0.15) is 0 Å². The number of aryl methyl sites for hydroxylation is 1. The van der Waals surface area contributed by atoms with Crippen LogP contribution in [0.15, 0.2) is 53.4 Å². The first-order valence-electron chi connectivity index (χ1n) is 17.1. The summed E-state index contributed by atoms with van der Waals surface area (Å²) in [6.45, 7) is 9.09. The second-order valence-corrected chi connectivity index (χ2v) is 16.6. The van der Waals surface area contributed by atoms with E-state index in [9.17, 15) is 13.2 Å². The number of anilines is 1. The van der Waals surface area contributed by atoms with E-state index in [1.165, 1.54) is 23.6 Å². The van der Waals surface area contributed by atoms with E-state index in [0.29, 0.717) is 37.3 Å². The van der Waals surface area contributed by atoms with Crippen LogP contribution in [0.1, 0.15) is 57.1 Å². The van der Waals surface area contributed by atoms with Crippen molar-refractivity contribution in [2.45, 2.75) is 74.4 Å². The minimum atomic E-state index is -4.18. The number of nitrogens with zero attached hydrogens (tertiary/aromatic N) is 2. The highest BCUT2D eigenvalue weighted by Gasteiger charge is 2.45. The maximum Gasteiger partial charge on any atom is 0.265 e. The second-order valence-electron chi connectivity index (χ2n) is 14.5. The molecule has 2 aromatic carbocycles. The van der Waals surface area contributed by atoms with Crippen LogP contribution >= 0.6 is 11.6 Å². The number of rotatable bonds is 4. The molecule has 254 valence electrons. The Morgan fingerprint density at radius 3 is 2.72 bits per heavy atom. The lowest BCUT2D eigenvalue weighted by Gasteiger charge is -2.46.